The summed E-state index contributed by atoms with van der Waals surface area (Å²) < 4.78 is 13.3. The molecule has 90 valence electrons. The topological polar surface area (TPSA) is 29.1 Å². The van der Waals surface area contributed by atoms with Gasteiger partial charge in [-0.3, -0.25) is 4.79 Å². The fourth-order valence-electron chi connectivity index (χ4n) is 1.48. The van der Waals surface area contributed by atoms with Gasteiger partial charge in [-0.2, -0.15) is 0 Å². The number of allylic oxidation sites excluding steroid dienone is 1. The number of hydrogen-bond donors (Lipinski definition) is 1. The fourth-order valence-corrected chi connectivity index (χ4v) is 1.48. The van der Waals surface area contributed by atoms with Gasteiger partial charge >= 0.3 is 0 Å². The number of rotatable bonds is 4. The lowest BCUT2D eigenvalue weighted by molar-refractivity contribution is 0.104. The highest BCUT2D eigenvalue weighted by molar-refractivity contribution is 6.04. The van der Waals surface area contributed by atoms with Gasteiger partial charge in [-0.15, -0.1) is 0 Å². The molecule has 0 heterocycles. The number of halogens is 1. The molecular weight excluding hydrogens is 229 g/mol. The minimum Gasteiger partial charge on any atom is -0.359 e. The molecule has 1 N–H and O–H groups in total. The lowest BCUT2D eigenvalue weighted by Crippen LogP contribution is -1.96. The number of benzene rings is 2. The van der Waals surface area contributed by atoms with E-state index in [1.165, 1.54) is 18.3 Å². The zero-order valence-electron chi connectivity index (χ0n) is 9.64. The first kappa shape index (κ1) is 12.0. The summed E-state index contributed by atoms with van der Waals surface area (Å²) in [5, 5.41) is 2.74. The third kappa shape index (κ3) is 3.04. The van der Waals surface area contributed by atoms with Crippen LogP contribution in [0.1, 0.15) is 10.4 Å². The van der Waals surface area contributed by atoms with Crippen LogP contribution in [0.2, 0.25) is 0 Å². The Morgan fingerprint density at radius 1 is 1.00 bits per heavy atom. The van der Waals surface area contributed by atoms with Gasteiger partial charge in [-0.25, -0.2) is 4.39 Å². The zero-order valence-corrected chi connectivity index (χ0v) is 9.64. The van der Waals surface area contributed by atoms with Crippen LogP contribution in [0, 0.1) is 5.82 Å². The Bertz CT molecular complexity index is 564. The van der Waals surface area contributed by atoms with Crippen molar-refractivity contribution in [3.63, 3.8) is 0 Å². The van der Waals surface area contributed by atoms with E-state index < -0.39 is 0 Å². The number of para-hydroxylation sites is 1. The van der Waals surface area contributed by atoms with Crippen LogP contribution in [-0.4, -0.2) is 5.78 Å². The van der Waals surface area contributed by atoms with Gasteiger partial charge in [0.2, 0.25) is 0 Å². The van der Waals surface area contributed by atoms with Crippen molar-refractivity contribution in [1.82, 2.24) is 0 Å². The standard InChI is InChI=1S/C15H12FNO/c16-13-8-4-5-9-14(13)17-11-10-15(18)12-6-2-1-3-7-12/h1-11,17H. The summed E-state index contributed by atoms with van der Waals surface area (Å²) in [6, 6.07) is 15.2. The summed E-state index contributed by atoms with van der Waals surface area (Å²) in [7, 11) is 0. The quantitative estimate of drug-likeness (QED) is 0.654. The second-order valence-electron chi connectivity index (χ2n) is 3.69. The van der Waals surface area contributed by atoms with Crippen LogP contribution in [0.15, 0.2) is 66.9 Å². The second kappa shape index (κ2) is 5.77. The van der Waals surface area contributed by atoms with E-state index in [1.54, 1.807) is 42.5 Å². The van der Waals surface area contributed by atoms with Crippen molar-refractivity contribution in [1.29, 1.82) is 0 Å². The van der Waals surface area contributed by atoms with Crippen molar-refractivity contribution in [2.24, 2.45) is 0 Å². The summed E-state index contributed by atoms with van der Waals surface area (Å²) in [6.45, 7) is 0. The molecule has 2 aromatic rings. The Balaban J connectivity index is 2.01. The van der Waals surface area contributed by atoms with Crippen LogP contribution in [0.4, 0.5) is 10.1 Å². The first-order chi connectivity index (χ1) is 8.77. The summed E-state index contributed by atoms with van der Waals surface area (Å²) in [5.41, 5.74) is 0.943. The number of carbonyl (C=O) groups is 1. The highest BCUT2D eigenvalue weighted by Crippen LogP contribution is 2.12. The molecule has 0 spiro atoms. The number of nitrogens with one attached hydrogen (secondary N) is 1. The van der Waals surface area contributed by atoms with Crippen molar-refractivity contribution in [3.05, 3.63) is 78.3 Å². The average Bonchev–Trinajstić information content (AvgIpc) is 2.42. The molecule has 0 aliphatic heterocycles. The summed E-state index contributed by atoms with van der Waals surface area (Å²) in [4.78, 5) is 11.7. The van der Waals surface area contributed by atoms with Gasteiger partial charge in [0.05, 0.1) is 5.69 Å². The van der Waals surface area contributed by atoms with Gasteiger partial charge in [-0.1, -0.05) is 42.5 Å². The van der Waals surface area contributed by atoms with Crippen molar-refractivity contribution in [2.45, 2.75) is 0 Å². The van der Waals surface area contributed by atoms with Crippen LogP contribution < -0.4 is 5.32 Å². The maximum atomic E-state index is 13.3. The molecule has 0 amide bonds. The third-order valence-electron chi connectivity index (χ3n) is 2.41. The van der Waals surface area contributed by atoms with Gasteiger partial charge in [0, 0.05) is 17.8 Å². The Morgan fingerprint density at radius 3 is 2.39 bits per heavy atom. The molecule has 0 unspecified atom stereocenters. The largest absolute Gasteiger partial charge is 0.359 e. The molecule has 0 saturated heterocycles. The molecule has 0 atom stereocenters. The number of anilines is 1. The third-order valence-corrected chi connectivity index (χ3v) is 2.41. The molecule has 0 fully saturated rings. The molecule has 0 bridgehead atoms. The van der Waals surface area contributed by atoms with Crippen LogP contribution in [-0.2, 0) is 0 Å². The number of carbonyl (C=O) groups excluding carboxylic acids is 1. The van der Waals surface area contributed by atoms with Gasteiger partial charge in [0.1, 0.15) is 5.82 Å². The molecule has 0 aromatic heterocycles. The Hall–Kier alpha value is -2.42. The van der Waals surface area contributed by atoms with Crippen LogP contribution in [0.25, 0.3) is 0 Å². The van der Waals surface area contributed by atoms with Gasteiger partial charge in [-0.05, 0) is 12.1 Å². The lowest BCUT2D eigenvalue weighted by atomic mass is 10.1. The molecule has 0 radical (unpaired) electrons. The highest BCUT2D eigenvalue weighted by atomic mass is 19.1. The van der Waals surface area contributed by atoms with E-state index in [9.17, 15) is 9.18 Å². The van der Waals surface area contributed by atoms with E-state index in [1.807, 2.05) is 6.07 Å². The molecule has 2 rings (SSSR count). The van der Waals surface area contributed by atoms with Crippen molar-refractivity contribution >= 4 is 11.5 Å². The van der Waals surface area contributed by atoms with E-state index in [4.69, 9.17) is 0 Å². The predicted octanol–water partition coefficient (Wildman–Crippen LogP) is 3.63. The summed E-state index contributed by atoms with van der Waals surface area (Å²) in [6.07, 6.45) is 2.82. The lowest BCUT2D eigenvalue weighted by Gasteiger charge is -2.01. The molecule has 0 aliphatic rings. The fraction of sp³-hybridized carbons (Fsp3) is 0. The number of ketones is 1. The maximum Gasteiger partial charge on any atom is 0.187 e. The molecule has 0 saturated carbocycles. The van der Waals surface area contributed by atoms with Crippen LogP contribution >= 0.6 is 0 Å². The van der Waals surface area contributed by atoms with E-state index in [0.717, 1.165) is 0 Å². The second-order valence-corrected chi connectivity index (χ2v) is 3.69. The molecular formula is C15H12FNO. The Kier molecular flexibility index (Phi) is 3.86. The average molecular weight is 241 g/mol. The summed E-state index contributed by atoms with van der Waals surface area (Å²) in [5.74, 6) is -0.478. The molecule has 18 heavy (non-hydrogen) atoms. The Morgan fingerprint density at radius 2 is 1.67 bits per heavy atom. The molecule has 2 nitrogen and oxygen atoms in total. The monoisotopic (exact) mass is 241 g/mol. The highest BCUT2D eigenvalue weighted by Gasteiger charge is 2.00. The first-order valence-corrected chi connectivity index (χ1v) is 5.54. The summed E-state index contributed by atoms with van der Waals surface area (Å²) >= 11 is 0. The minimum atomic E-state index is -0.352. The predicted molar refractivity (Wildman–Crippen MR) is 69.9 cm³/mol. The van der Waals surface area contributed by atoms with Crippen molar-refractivity contribution in [3.8, 4) is 0 Å². The SMILES string of the molecule is O=C(C=CNc1ccccc1F)c1ccccc1. The van der Waals surface area contributed by atoms with E-state index >= 15 is 0 Å². The van der Waals surface area contributed by atoms with E-state index in [-0.39, 0.29) is 11.6 Å². The maximum absolute atomic E-state index is 13.3. The van der Waals surface area contributed by atoms with Gasteiger partial charge in [0.25, 0.3) is 0 Å². The Labute approximate surface area is 105 Å². The van der Waals surface area contributed by atoms with E-state index in [2.05, 4.69) is 5.32 Å². The van der Waals surface area contributed by atoms with Crippen LogP contribution in [0.5, 0.6) is 0 Å². The normalized spacial score (nSPS) is 10.5. The van der Waals surface area contributed by atoms with Gasteiger partial charge < -0.3 is 5.32 Å². The van der Waals surface area contributed by atoms with E-state index in [0.29, 0.717) is 11.3 Å². The zero-order chi connectivity index (χ0) is 12.8. The molecule has 3 heteroatoms. The van der Waals surface area contributed by atoms with Crippen molar-refractivity contribution in [2.75, 3.05) is 5.32 Å². The first-order valence-electron chi connectivity index (χ1n) is 5.54. The van der Waals surface area contributed by atoms with Crippen LogP contribution in [0.3, 0.4) is 0 Å². The molecule has 2 aromatic carbocycles. The minimum absolute atomic E-state index is 0.126. The van der Waals surface area contributed by atoms with Crippen molar-refractivity contribution < 1.29 is 9.18 Å². The number of hydrogen-bond acceptors (Lipinski definition) is 2. The smallest absolute Gasteiger partial charge is 0.187 e. The van der Waals surface area contributed by atoms with Gasteiger partial charge in [0.15, 0.2) is 5.78 Å². The molecule has 0 aliphatic carbocycles.